The molecule has 1 N–H and O–H groups in total. The minimum Gasteiger partial charge on any atom is -0.508 e. The smallest absolute Gasteiger partial charge is 0.161 e. The molecule has 1 aromatic heterocycles. The molecule has 0 amide bonds. The fourth-order valence-corrected chi connectivity index (χ4v) is 1.67. The molecule has 4 nitrogen and oxygen atoms in total. The molecule has 0 saturated carbocycles. The summed E-state index contributed by atoms with van der Waals surface area (Å²) in [4.78, 5) is 8.42. The van der Waals surface area contributed by atoms with E-state index in [1.807, 2.05) is 6.07 Å². The Morgan fingerprint density at radius 3 is 2.82 bits per heavy atom. The van der Waals surface area contributed by atoms with Crippen molar-refractivity contribution in [1.29, 1.82) is 0 Å². The number of methoxy groups -OCH3 is 1. The Hall–Kier alpha value is -1.65. The lowest BCUT2D eigenvalue weighted by Gasteiger charge is -2.05. The van der Waals surface area contributed by atoms with Gasteiger partial charge in [0.2, 0.25) is 0 Å². The molecule has 2 aromatic rings. The lowest BCUT2D eigenvalue weighted by Crippen LogP contribution is -1.97. The number of hydrogen-bond acceptors (Lipinski definition) is 4. The standard InChI is InChI=1S/C12H11ClN2O2/c1-17-7-9-6-11(13)15-12(14-9)8-3-2-4-10(16)5-8/h2-6,16H,7H2,1H3. The van der Waals surface area contributed by atoms with Crippen LogP contribution in [-0.4, -0.2) is 22.2 Å². The van der Waals surface area contributed by atoms with Gasteiger partial charge in [0.05, 0.1) is 12.3 Å². The van der Waals surface area contributed by atoms with Crippen molar-refractivity contribution >= 4 is 11.6 Å². The molecule has 0 aliphatic rings. The minimum atomic E-state index is 0.166. The van der Waals surface area contributed by atoms with E-state index in [9.17, 15) is 5.11 Å². The maximum Gasteiger partial charge on any atom is 0.161 e. The molecule has 1 aromatic carbocycles. The van der Waals surface area contributed by atoms with E-state index >= 15 is 0 Å². The van der Waals surface area contributed by atoms with Gasteiger partial charge >= 0.3 is 0 Å². The molecule has 17 heavy (non-hydrogen) atoms. The summed E-state index contributed by atoms with van der Waals surface area (Å²) in [5, 5.41) is 9.76. The van der Waals surface area contributed by atoms with Crippen LogP contribution in [0.15, 0.2) is 30.3 Å². The van der Waals surface area contributed by atoms with Gasteiger partial charge in [-0.3, -0.25) is 0 Å². The largest absolute Gasteiger partial charge is 0.508 e. The zero-order valence-electron chi connectivity index (χ0n) is 9.22. The molecule has 0 atom stereocenters. The van der Waals surface area contributed by atoms with Crippen LogP contribution >= 0.6 is 11.6 Å². The van der Waals surface area contributed by atoms with E-state index < -0.39 is 0 Å². The number of hydrogen-bond donors (Lipinski definition) is 1. The first-order chi connectivity index (χ1) is 8.19. The Balaban J connectivity index is 2.44. The third-order valence-electron chi connectivity index (χ3n) is 2.14. The predicted octanol–water partition coefficient (Wildman–Crippen LogP) is 2.65. The van der Waals surface area contributed by atoms with Gasteiger partial charge in [0.15, 0.2) is 5.82 Å². The van der Waals surface area contributed by atoms with Gasteiger partial charge in [-0.15, -0.1) is 0 Å². The fourth-order valence-electron chi connectivity index (χ4n) is 1.46. The number of aromatic nitrogens is 2. The summed E-state index contributed by atoms with van der Waals surface area (Å²) in [6.45, 7) is 0.369. The van der Waals surface area contributed by atoms with E-state index in [0.29, 0.717) is 28.8 Å². The van der Waals surface area contributed by atoms with Crippen LogP contribution in [0, 0.1) is 0 Å². The van der Waals surface area contributed by atoms with E-state index in [1.165, 1.54) is 0 Å². The van der Waals surface area contributed by atoms with Crippen LogP contribution in [0.1, 0.15) is 5.69 Å². The number of phenols is 1. The van der Waals surface area contributed by atoms with E-state index in [-0.39, 0.29) is 5.75 Å². The van der Waals surface area contributed by atoms with E-state index in [1.54, 1.807) is 31.4 Å². The molecule has 0 aliphatic carbocycles. The first-order valence-corrected chi connectivity index (χ1v) is 5.38. The zero-order chi connectivity index (χ0) is 12.3. The summed E-state index contributed by atoms with van der Waals surface area (Å²) in [7, 11) is 1.59. The summed E-state index contributed by atoms with van der Waals surface area (Å²) < 4.78 is 5.00. The predicted molar refractivity (Wildman–Crippen MR) is 64.9 cm³/mol. The second kappa shape index (κ2) is 5.12. The highest BCUT2D eigenvalue weighted by atomic mass is 35.5. The highest BCUT2D eigenvalue weighted by Crippen LogP contribution is 2.21. The van der Waals surface area contributed by atoms with Gasteiger partial charge in [0, 0.05) is 12.7 Å². The average Bonchev–Trinajstić information content (AvgIpc) is 2.28. The summed E-state index contributed by atoms with van der Waals surface area (Å²) in [6.07, 6.45) is 0. The van der Waals surface area contributed by atoms with Crippen LogP contribution in [-0.2, 0) is 11.3 Å². The van der Waals surface area contributed by atoms with Gasteiger partial charge in [-0.1, -0.05) is 23.7 Å². The molecule has 0 unspecified atom stereocenters. The van der Waals surface area contributed by atoms with Crippen LogP contribution in [0.25, 0.3) is 11.4 Å². The normalized spacial score (nSPS) is 10.5. The van der Waals surface area contributed by atoms with Gasteiger partial charge in [-0.05, 0) is 18.2 Å². The van der Waals surface area contributed by atoms with E-state index in [2.05, 4.69) is 9.97 Å². The molecule has 0 bridgehead atoms. The highest BCUT2D eigenvalue weighted by molar-refractivity contribution is 6.29. The summed E-state index contributed by atoms with van der Waals surface area (Å²) in [5.74, 6) is 0.639. The van der Waals surface area contributed by atoms with Gasteiger partial charge in [0.25, 0.3) is 0 Å². The molecule has 5 heteroatoms. The molecular formula is C12H11ClN2O2. The van der Waals surface area contributed by atoms with E-state index in [0.717, 1.165) is 0 Å². The molecular weight excluding hydrogens is 240 g/mol. The molecule has 0 spiro atoms. The summed E-state index contributed by atoms with van der Waals surface area (Å²) >= 11 is 5.91. The highest BCUT2D eigenvalue weighted by Gasteiger charge is 2.06. The molecule has 88 valence electrons. The molecule has 0 fully saturated rings. The number of aromatic hydroxyl groups is 1. The third-order valence-corrected chi connectivity index (χ3v) is 2.34. The van der Waals surface area contributed by atoms with E-state index in [4.69, 9.17) is 16.3 Å². The van der Waals surface area contributed by atoms with Crippen LogP contribution < -0.4 is 0 Å². The number of phenolic OH excluding ortho intramolecular Hbond substituents is 1. The van der Waals surface area contributed by atoms with Gasteiger partial charge in [-0.2, -0.15) is 0 Å². The topological polar surface area (TPSA) is 55.2 Å². The number of halogens is 1. The maximum absolute atomic E-state index is 9.40. The zero-order valence-corrected chi connectivity index (χ0v) is 9.98. The number of rotatable bonds is 3. The van der Waals surface area contributed by atoms with Crippen molar-refractivity contribution in [2.75, 3.05) is 7.11 Å². The van der Waals surface area contributed by atoms with Crippen LogP contribution in [0.3, 0.4) is 0 Å². The Morgan fingerprint density at radius 2 is 2.12 bits per heavy atom. The van der Waals surface area contributed by atoms with Crippen molar-refractivity contribution < 1.29 is 9.84 Å². The van der Waals surface area contributed by atoms with Crippen LogP contribution in [0.5, 0.6) is 5.75 Å². The van der Waals surface area contributed by atoms with Crippen molar-refractivity contribution in [3.8, 4) is 17.1 Å². The maximum atomic E-state index is 9.40. The minimum absolute atomic E-state index is 0.166. The monoisotopic (exact) mass is 250 g/mol. The van der Waals surface area contributed by atoms with Crippen molar-refractivity contribution in [2.24, 2.45) is 0 Å². The second-order valence-corrected chi connectivity index (χ2v) is 3.88. The molecule has 0 aliphatic heterocycles. The summed E-state index contributed by atoms with van der Waals surface area (Å²) in [6, 6.07) is 8.36. The quantitative estimate of drug-likeness (QED) is 0.851. The van der Waals surface area contributed by atoms with Gasteiger partial charge in [0.1, 0.15) is 10.9 Å². The number of nitrogens with zero attached hydrogens (tertiary/aromatic N) is 2. The first-order valence-electron chi connectivity index (χ1n) is 5.01. The average molecular weight is 251 g/mol. The van der Waals surface area contributed by atoms with Gasteiger partial charge < -0.3 is 9.84 Å². The van der Waals surface area contributed by atoms with Crippen molar-refractivity contribution in [3.05, 3.63) is 41.2 Å². The van der Waals surface area contributed by atoms with Crippen molar-refractivity contribution in [2.45, 2.75) is 6.61 Å². The number of ether oxygens (including phenoxy) is 1. The lowest BCUT2D eigenvalue weighted by atomic mass is 10.2. The van der Waals surface area contributed by atoms with Crippen molar-refractivity contribution in [3.63, 3.8) is 0 Å². The van der Waals surface area contributed by atoms with Crippen molar-refractivity contribution in [1.82, 2.24) is 9.97 Å². The molecule has 1 heterocycles. The Morgan fingerprint density at radius 1 is 1.29 bits per heavy atom. The van der Waals surface area contributed by atoms with Crippen LogP contribution in [0.2, 0.25) is 5.15 Å². The Kier molecular flexibility index (Phi) is 3.56. The Bertz CT molecular complexity index is 532. The lowest BCUT2D eigenvalue weighted by molar-refractivity contribution is 0.181. The number of benzene rings is 1. The SMILES string of the molecule is COCc1cc(Cl)nc(-c2cccc(O)c2)n1. The molecule has 0 saturated heterocycles. The fraction of sp³-hybridized carbons (Fsp3) is 0.167. The molecule has 2 rings (SSSR count). The van der Waals surface area contributed by atoms with Crippen LogP contribution in [0.4, 0.5) is 0 Å². The Labute approximate surface area is 104 Å². The third kappa shape index (κ3) is 2.93. The molecule has 0 radical (unpaired) electrons. The second-order valence-electron chi connectivity index (χ2n) is 3.49. The summed E-state index contributed by atoms with van der Waals surface area (Å²) in [5.41, 5.74) is 1.41. The first kappa shape index (κ1) is 11.8. The van der Waals surface area contributed by atoms with Gasteiger partial charge in [-0.25, -0.2) is 9.97 Å².